The van der Waals surface area contributed by atoms with Gasteiger partial charge in [0.15, 0.2) is 5.82 Å². The second kappa shape index (κ2) is 7.81. The van der Waals surface area contributed by atoms with Crippen LogP contribution in [-0.2, 0) is 24.2 Å². The van der Waals surface area contributed by atoms with Crippen molar-refractivity contribution in [3.8, 4) is 11.1 Å². The third kappa shape index (κ3) is 3.57. The van der Waals surface area contributed by atoms with Gasteiger partial charge in [0.1, 0.15) is 0 Å². The molecule has 0 bridgehead atoms. The van der Waals surface area contributed by atoms with E-state index in [1.165, 1.54) is 22.3 Å². The molecule has 2 aliphatic heterocycles. The van der Waals surface area contributed by atoms with Crippen molar-refractivity contribution in [1.82, 2.24) is 25.1 Å². The van der Waals surface area contributed by atoms with Crippen LogP contribution < -0.4 is 0 Å². The van der Waals surface area contributed by atoms with Crippen molar-refractivity contribution in [3.05, 3.63) is 65.5 Å². The number of fused-ring (bicyclic) bond motifs is 1. The summed E-state index contributed by atoms with van der Waals surface area (Å²) in [4.78, 5) is 2.46. The lowest BCUT2D eigenvalue weighted by atomic mass is 9.95. The molecule has 0 N–H and O–H groups in total. The maximum atomic E-state index is 5.48. The van der Waals surface area contributed by atoms with E-state index in [1.807, 2.05) is 4.68 Å². The van der Waals surface area contributed by atoms with Crippen LogP contribution in [0.15, 0.2) is 48.5 Å². The molecule has 5 rings (SSSR count). The zero-order chi connectivity index (χ0) is 18.8. The van der Waals surface area contributed by atoms with Crippen LogP contribution in [0.5, 0.6) is 0 Å². The first-order valence-electron chi connectivity index (χ1n) is 10.1. The van der Waals surface area contributed by atoms with Crippen LogP contribution in [0.4, 0.5) is 0 Å². The van der Waals surface area contributed by atoms with Crippen LogP contribution in [-0.4, -0.2) is 44.9 Å². The summed E-state index contributed by atoms with van der Waals surface area (Å²) >= 11 is 0. The van der Waals surface area contributed by atoms with Gasteiger partial charge in [-0.3, -0.25) is 4.90 Å². The summed E-state index contributed by atoms with van der Waals surface area (Å²) in [6.07, 6.45) is 3.05. The van der Waals surface area contributed by atoms with Gasteiger partial charge in [-0.25, -0.2) is 4.68 Å². The van der Waals surface area contributed by atoms with Crippen LogP contribution in [0.25, 0.3) is 11.1 Å². The number of benzene rings is 2. The summed E-state index contributed by atoms with van der Waals surface area (Å²) < 4.78 is 7.51. The highest BCUT2D eigenvalue weighted by Gasteiger charge is 2.23. The van der Waals surface area contributed by atoms with E-state index in [4.69, 9.17) is 4.74 Å². The zero-order valence-corrected chi connectivity index (χ0v) is 16.0. The number of aromatic nitrogens is 4. The molecule has 3 aromatic rings. The molecular weight excluding hydrogens is 350 g/mol. The number of tetrazole rings is 1. The minimum Gasteiger partial charge on any atom is -0.381 e. The van der Waals surface area contributed by atoms with Crippen molar-refractivity contribution in [2.75, 3.05) is 19.8 Å². The Balaban J connectivity index is 1.33. The molecule has 1 aromatic heterocycles. The minimum atomic E-state index is 0.362. The molecular formula is C22H25N5O. The standard InChI is InChI=1S/C22H25N5O/c1-2-4-17(5-3-1)19-7-6-18-8-11-26(15-20(18)14-19)16-22-23-24-25-27(22)21-9-12-28-13-10-21/h1-7,14,21H,8-13,15-16H2. The first-order valence-corrected chi connectivity index (χ1v) is 10.1. The second-order valence-corrected chi connectivity index (χ2v) is 7.69. The Morgan fingerprint density at radius 3 is 2.68 bits per heavy atom. The van der Waals surface area contributed by atoms with E-state index >= 15 is 0 Å². The zero-order valence-electron chi connectivity index (χ0n) is 16.0. The van der Waals surface area contributed by atoms with Crippen molar-refractivity contribution < 1.29 is 4.74 Å². The highest BCUT2D eigenvalue weighted by Crippen LogP contribution is 2.27. The Morgan fingerprint density at radius 2 is 1.82 bits per heavy atom. The van der Waals surface area contributed by atoms with Gasteiger partial charge in [-0.1, -0.05) is 42.5 Å². The van der Waals surface area contributed by atoms with Gasteiger partial charge in [0.25, 0.3) is 0 Å². The quantitative estimate of drug-likeness (QED) is 0.701. The van der Waals surface area contributed by atoms with Crippen molar-refractivity contribution in [2.24, 2.45) is 0 Å². The SMILES string of the molecule is c1ccc(-c2ccc3c(c2)CN(Cc2nnnn2C2CCOCC2)CC3)cc1. The van der Waals surface area contributed by atoms with Crippen molar-refractivity contribution in [1.29, 1.82) is 0 Å². The molecule has 2 aromatic carbocycles. The maximum absolute atomic E-state index is 5.48. The number of rotatable bonds is 4. The summed E-state index contributed by atoms with van der Waals surface area (Å²) in [5.41, 5.74) is 5.43. The fraction of sp³-hybridized carbons (Fsp3) is 0.409. The normalized spacial score (nSPS) is 18.1. The van der Waals surface area contributed by atoms with E-state index in [0.717, 1.165) is 57.9 Å². The Bertz CT molecular complexity index is 933. The van der Waals surface area contributed by atoms with Gasteiger partial charge >= 0.3 is 0 Å². The Labute approximate surface area is 165 Å². The lowest BCUT2D eigenvalue weighted by molar-refractivity contribution is 0.0638. The summed E-state index contributed by atoms with van der Waals surface area (Å²) in [5.74, 6) is 0.967. The third-order valence-corrected chi connectivity index (χ3v) is 5.87. The molecule has 0 spiro atoms. The molecule has 2 aliphatic rings. The molecule has 0 aliphatic carbocycles. The summed E-state index contributed by atoms with van der Waals surface area (Å²) in [6.45, 7) is 4.36. The molecule has 3 heterocycles. The number of hydrogen-bond donors (Lipinski definition) is 0. The molecule has 1 saturated heterocycles. The minimum absolute atomic E-state index is 0.362. The molecule has 0 unspecified atom stereocenters. The topological polar surface area (TPSA) is 56.1 Å². The van der Waals surface area contributed by atoms with E-state index < -0.39 is 0 Å². The lowest BCUT2D eigenvalue weighted by Gasteiger charge is -2.29. The maximum Gasteiger partial charge on any atom is 0.165 e. The molecule has 1 fully saturated rings. The van der Waals surface area contributed by atoms with E-state index in [2.05, 4.69) is 69.0 Å². The van der Waals surface area contributed by atoms with Crippen LogP contribution in [0.1, 0.15) is 35.8 Å². The fourth-order valence-electron chi connectivity index (χ4n) is 4.29. The van der Waals surface area contributed by atoms with E-state index in [0.29, 0.717) is 6.04 Å². The van der Waals surface area contributed by atoms with Gasteiger partial charge < -0.3 is 4.74 Å². The molecule has 0 saturated carbocycles. The van der Waals surface area contributed by atoms with E-state index in [9.17, 15) is 0 Å². The van der Waals surface area contributed by atoms with Gasteiger partial charge in [-0.15, -0.1) is 5.10 Å². The predicted octanol–water partition coefficient (Wildman–Crippen LogP) is 3.25. The van der Waals surface area contributed by atoms with E-state index in [-0.39, 0.29) is 0 Å². The van der Waals surface area contributed by atoms with Crippen LogP contribution >= 0.6 is 0 Å². The monoisotopic (exact) mass is 375 g/mol. The predicted molar refractivity (Wildman–Crippen MR) is 107 cm³/mol. The number of nitrogens with zero attached hydrogens (tertiary/aromatic N) is 5. The molecule has 6 heteroatoms. The second-order valence-electron chi connectivity index (χ2n) is 7.69. The van der Waals surface area contributed by atoms with Crippen LogP contribution in [0.2, 0.25) is 0 Å². The Morgan fingerprint density at radius 1 is 0.964 bits per heavy atom. The first-order chi connectivity index (χ1) is 13.9. The van der Waals surface area contributed by atoms with Gasteiger partial charge in [-0.05, 0) is 58.0 Å². The van der Waals surface area contributed by atoms with E-state index in [1.54, 1.807) is 0 Å². The third-order valence-electron chi connectivity index (χ3n) is 5.87. The molecule has 0 atom stereocenters. The summed E-state index contributed by atoms with van der Waals surface area (Å²) in [7, 11) is 0. The smallest absolute Gasteiger partial charge is 0.165 e. The summed E-state index contributed by atoms with van der Waals surface area (Å²) in [6, 6.07) is 17.8. The van der Waals surface area contributed by atoms with Crippen LogP contribution in [0, 0.1) is 0 Å². The largest absolute Gasteiger partial charge is 0.381 e. The first kappa shape index (κ1) is 17.5. The van der Waals surface area contributed by atoms with Crippen LogP contribution in [0.3, 0.4) is 0 Å². The van der Waals surface area contributed by atoms with Gasteiger partial charge in [0.05, 0.1) is 12.6 Å². The van der Waals surface area contributed by atoms with Gasteiger partial charge in [-0.2, -0.15) is 0 Å². The molecule has 0 radical (unpaired) electrons. The van der Waals surface area contributed by atoms with Crippen molar-refractivity contribution >= 4 is 0 Å². The van der Waals surface area contributed by atoms with Gasteiger partial charge in [0, 0.05) is 26.3 Å². The van der Waals surface area contributed by atoms with Gasteiger partial charge in [0.2, 0.25) is 0 Å². The average molecular weight is 375 g/mol. The highest BCUT2D eigenvalue weighted by molar-refractivity contribution is 5.65. The Kier molecular flexibility index (Phi) is 4.89. The summed E-state index contributed by atoms with van der Waals surface area (Å²) in [5, 5.41) is 12.6. The fourth-order valence-corrected chi connectivity index (χ4v) is 4.29. The lowest BCUT2D eigenvalue weighted by Crippen LogP contribution is -2.32. The number of ether oxygens (including phenoxy) is 1. The Hall–Kier alpha value is -2.57. The van der Waals surface area contributed by atoms with Crippen molar-refractivity contribution in [3.63, 3.8) is 0 Å². The average Bonchev–Trinajstić information content (AvgIpc) is 3.22. The molecule has 6 nitrogen and oxygen atoms in total. The molecule has 0 amide bonds. The highest BCUT2D eigenvalue weighted by atomic mass is 16.5. The molecule has 28 heavy (non-hydrogen) atoms. The molecule has 144 valence electrons. The van der Waals surface area contributed by atoms with Crippen molar-refractivity contribution in [2.45, 2.75) is 38.4 Å². The number of hydrogen-bond acceptors (Lipinski definition) is 5.